The Hall–Kier alpha value is -2.39. The van der Waals surface area contributed by atoms with Crippen LogP contribution in [0.3, 0.4) is 0 Å². The number of imidazole rings is 1. The fourth-order valence-electron chi connectivity index (χ4n) is 2.09. The van der Waals surface area contributed by atoms with Crippen molar-refractivity contribution in [2.24, 2.45) is 0 Å². The number of carbonyl (C=O) groups excluding carboxylic acids is 2. The molecular weight excluding hydrogens is 406 g/mol. The van der Waals surface area contributed by atoms with Gasteiger partial charge in [0.15, 0.2) is 10.8 Å². The summed E-state index contributed by atoms with van der Waals surface area (Å²) in [7, 11) is 0. The normalized spacial score (nSPS) is 10.6. The number of hydrogen-bond acceptors (Lipinski definition) is 5. The molecule has 7 nitrogen and oxygen atoms in total. The van der Waals surface area contributed by atoms with Crippen LogP contribution in [0.4, 0.5) is 11.4 Å². The van der Waals surface area contributed by atoms with Gasteiger partial charge in [0.05, 0.1) is 11.3 Å². The number of thioether (sulfide) groups is 1. The zero-order valence-electron chi connectivity index (χ0n) is 13.2. The molecule has 3 aromatic rings. The topological polar surface area (TPSA) is 99.8 Å². The lowest BCUT2D eigenvalue weighted by Crippen LogP contribution is -2.14. The van der Waals surface area contributed by atoms with E-state index >= 15 is 0 Å². The molecule has 25 heavy (non-hydrogen) atoms. The number of rotatable bonds is 5. The molecule has 0 aliphatic carbocycles. The van der Waals surface area contributed by atoms with Crippen LogP contribution in [0.25, 0.3) is 11.2 Å². The number of benzene rings is 1. The number of hydrogen-bond donors (Lipinski definition) is 3. The number of carbonyl (C=O) groups is 2. The number of halogens is 1. The quantitative estimate of drug-likeness (QED) is 0.550. The van der Waals surface area contributed by atoms with Gasteiger partial charge in [0, 0.05) is 29.0 Å². The van der Waals surface area contributed by atoms with Gasteiger partial charge in [0.1, 0.15) is 0 Å². The van der Waals surface area contributed by atoms with E-state index in [-0.39, 0.29) is 17.6 Å². The summed E-state index contributed by atoms with van der Waals surface area (Å²) < 4.78 is 0.862. The van der Waals surface area contributed by atoms with Gasteiger partial charge >= 0.3 is 0 Å². The minimum atomic E-state index is -0.146. The number of nitrogens with zero attached hydrogens (tertiary/aromatic N) is 2. The van der Waals surface area contributed by atoms with Crippen LogP contribution >= 0.6 is 27.7 Å². The van der Waals surface area contributed by atoms with E-state index < -0.39 is 0 Å². The van der Waals surface area contributed by atoms with E-state index in [1.54, 1.807) is 30.5 Å². The van der Waals surface area contributed by atoms with Crippen molar-refractivity contribution in [3.8, 4) is 0 Å². The van der Waals surface area contributed by atoms with Crippen molar-refractivity contribution in [3.05, 3.63) is 41.0 Å². The maximum absolute atomic E-state index is 12.1. The molecular formula is C16H14BrN5O2S. The van der Waals surface area contributed by atoms with Crippen molar-refractivity contribution in [2.45, 2.75) is 12.1 Å². The number of nitrogens with one attached hydrogen (secondary N) is 3. The van der Waals surface area contributed by atoms with Gasteiger partial charge in [-0.05, 0) is 46.3 Å². The van der Waals surface area contributed by atoms with Crippen molar-refractivity contribution in [1.82, 2.24) is 15.0 Å². The fraction of sp³-hybridized carbons (Fsp3) is 0.125. The van der Waals surface area contributed by atoms with Gasteiger partial charge in [0.2, 0.25) is 11.8 Å². The lowest BCUT2D eigenvalue weighted by atomic mass is 10.3. The molecule has 0 unspecified atom stereocenters. The number of anilines is 2. The molecule has 0 radical (unpaired) electrons. The van der Waals surface area contributed by atoms with E-state index in [9.17, 15) is 9.59 Å². The van der Waals surface area contributed by atoms with Crippen molar-refractivity contribution in [2.75, 3.05) is 16.4 Å². The second-order valence-corrected chi connectivity index (χ2v) is 7.04. The van der Waals surface area contributed by atoms with Crippen molar-refractivity contribution in [1.29, 1.82) is 0 Å². The van der Waals surface area contributed by atoms with Crippen LogP contribution in [-0.2, 0) is 9.59 Å². The summed E-state index contributed by atoms with van der Waals surface area (Å²) in [5.41, 5.74) is 2.77. The minimum absolute atomic E-state index is 0.138. The predicted octanol–water partition coefficient (Wildman–Crippen LogP) is 3.41. The molecule has 0 aliphatic rings. The molecule has 0 fully saturated rings. The summed E-state index contributed by atoms with van der Waals surface area (Å²) in [5, 5.41) is 6.11. The van der Waals surface area contributed by atoms with Crippen LogP contribution in [-0.4, -0.2) is 32.5 Å². The summed E-state index contributed by atoms with van der Waals surface area (Å²) in [6, 6.07) is 8.81. The number of aromatic amines is 1. The molecule has 2 amide bonds. The van der Waals surface area contributed by atoms with Crippen LogP contribution in [0.15, 0.2) is 46.2 Å². The van der Waals surface area contributed by atoms with Crippen LogP contribution in [0.2, 0.25) is 0 Å². The Balaban J connectivity index is 1.55. The maximum Gasteiger partial charge on any atom is 0.234 e. The average Bonchev–Trinajstić information content (AvgIpc) is 2.96. The Morgan fingerprint density at radius 2 is 1.88 bits per heavy atom. The van der Waals surface area contributed by atoms with Gasteiger partial charge in [0.25, 0.3) is 0 Å². The van der Waals surface area contributed by atoms with E-state index in [0.29, 0.717) is 22.2 Å². The highest BCUT2D eigenvalue weighted by atomic mass is 79.9. The third-order valence-electron chi connectivity index (χ3n) is 3.11. The molecule has 0 saturated heterocycles. The number of H-pyrrole nitrogens is 1. The number of pyridine rings is 1. The van der Waals surface area contributed by atoms with Gasteiger partial charge in [-0.2, -0.15) is 0 Å². The molecule has 9 heteroatoms. The Labute approximate surface area is 156 Å². The zero-order chi connectivity index (χ0) is 17.8. The molecule has 0 saturated carbocycles. The molecule has 3 rings (SSSR count). The first-order valence-corrected chi connectivity index (χ1v) is 9.09. The van der Waals surface area contributed by atoms with Crippen LogP contribution < -0.4 is 10.6 Å². The molecule has 0 bridgehead atoms. The Kier molecular flexibility index (Phi) is 5.34. The van der Waals surface area contributed by atoms with Gasteiger partial charge in [-0.15, -0.1) is 0 Å². The molecule has 0 aliphatic heterocycles. The second-order valence-electron chi connectivity index (χ2n) is 5.16. The summed E-state index contributed by atoms with van der Waals surface area (Å²) in [5.74, 6) is -0.0681. The highest BCUT2D eigenvalue weighted by molar-refractivity contribution is 9.10. The first-order chi connectivity index (χ1) is 12.0. The van der Waals surface area contributed by atoms with Crippen LogP contribution in [0.5, 0.6) is 0 Å². The average molecular weight is 420 g/mol. The number of fused-ring (bicyclic) bond motifs is 1. The van der Waals surface area contributed by atoms with Crippen molar-refractivity contribution >= 4 is 62.0 Å². The zero-order valence-corrected chi connectivity index (χ0v) is 15.6. The Morgan fingerprint density at radius 1 is 1.20 bits per heavy atom. The first-order valence-electron chi connectivity index (χ1n) is 7.31. The van der Waals surface area contributed by atoms with Crippen LogP contribution in [0.1, 0.15) is 6.92 Å². The van der Waals surface area contributed by atoms with Gasteiger partial charge in [-0.1, -0.05) is 11.8 Å². The van der Waals surface area contributed by atoms with Crippen LogP contribution in [0, 0.1) is 0 Å². The summed E-state index contributed by atoms with van der Waals surface area (Å²) in [6.45, 7) is 1.44. The minimum Gasteiger partial charge on any atom is -0.331 e. The SMILES string of the molecule is CC(=O)Nc1ccc(NC(=O)CSc2nc3ncc(Br)cc3[nH]2)cc1. The standard InChI is InChI=1S/C16H14BrN5O2S/c1-9(23)19-11-2-4-12(5-3-11)20-14(24)8-25-16-21-13-6-10(17)7-18-15(13)22-16/h2-7H,8H2,1H3,(H,19,23)(H,20,24)(H,18,21,22). The number of aromatic nitrogens is 3. The Bertz CT molecular complexity index is 926. The highest BCUT2D eigenvalue weighted by Gasteiger charge is 2.08. The maximum atomic E-state index is 12.1. The van der Waals surface area contributed by atoms with E-state index in [4.69, 9.17) is 0 Å². The van der Waals surface area contributed by atoms with E-state index in [0.717, 1.165) is 9.99 Å². The Morgan fingerprint density at radius 3 is 2.56 bits per heavy atom. The monoisotopic (exact) mass is 419 g/mol. The van der Waals surface area contributed by atoms with E-state index in [2.05, 4.69) is 41.5 Å². The third-order valence-corrected chi connectivity index (χ3v) is 4.42. The van der Waals surface area contributed by atoms with Crippen molar-refractivity contribution < 1.29 is 9.59 Å². The van der Waals surface area contributed by atoms with Crippen molar-refractivity contribution in [3.63, 3.8) is 0 Å². The largest absolute Gasteiger partial charge is 0.331 e. The van der Waals surface area contributed by atoms with Gasteiger partial charge < -0.3 is 15.6 Å². The molecule has 1 aromatic carbocycles. The molecule has 128 valence electrons. The third kappa shape index (κ3) is 4.80. The van der Waals surface area contributed by atoms with E-state index in [1.165, 1.54) is 18.7 Å². The number of amides is 2. The summed E-state index contributed by atoms with van der Waals surface area (Å²) >= 11 is 4.65. The molecule has 0 spiro atoms. The first kappa shape index (κ1) is 17.4. The predicted molar refractivity (Wildman–Crippen MR) is 102 cm³/mol. The summed E-state index contributed by atoms with van der Waals surface area (Å²) in [4.78, 5) is 34.7. The van der Waals surface area contributed by atoms with Gasteiger partial charge in [-0.25, -0.2) is 9.97 Å². The lowest BCUT2D eigenvalue weighted by molar-refractivity contribution is -0.114. The molecule has 2 heterocycles. The molecule has 0 atom stereocenters. The van der Waals surface area contributed by atoms with Gasteiger partial charge in [-0.3, -0.25) is 9.59 Å². The van der Waals surface area contributed by atoms with E-state index in [1.807, 2.05) is 6.07 Å². The summed E-state index contributed by atoms with van der Waals surface area (Å²) in [6.07, 6.45) is 1.68. The molecule has 3 N–H and O–H groups in total. The smallest absolute Gasteiger partial charge is 0.234 e. The lowest BCUT2D eigenvalue weighted by Gasteiger charge is -2.06. The fourth-order valence-corrected chi connectivity index (χ4v) is 3.10. The highest BCUT2D eigenvalue weighted by Crippen LogP contribution is 2.21. The second kappa shape index (κ2) is 7.66. The molecule has 2 aromatic heterocycles.